The maximum Gasteiger partial charge on any atom is 0.272 e. The van der Waals surface area contributed by atoms with Crippen LogP contribution in [0.5, 0.6) is 0 Å². The normalized spacial score (nSPS) is 10.2. The second-order valence-electron chi connectivity index (χ2n) is 3.77. The van der Waals surface area contributed by atoms with Crippen molar-refractivity contribution in [1.29, 1.82) is 0 Å². The molecule has 0 atom stereocenters. The van der Waals surface area contributed by atoms with Crippen LogP contribution >= 0.6 is 0 Å². The number of nitrogens with zero attached hydrogens (tertiary/aromatic N) is 1. The fourth-order valence-electron chi connectivity index (χ4n) is 1.66. The number of aliphatic hydroxyl groups is 1. The SMILES string of the molecule is Cn1cccc1C(=O)Nc1ccccc1CO. The van der Waals surface area contributed by atoms with Crippen LogP contribution < -0.4 is 5.32 Å². The lowest BCUT2D eigenvalue weighted by Crippen LogP contribution is -2.16. The van der Waals surface area contributed by atoms with Crippen molar-refractivity contribution < 1.29 is 9.90 Å². The largest absolute Gasteiger partial charge is 0.392 e. The molecule has 0 aliphatic carbocycles. The van der Waals surface area contributed by atoms with E-state index in [2.05, 4.69) is 5.32 Å². The van der Waals surface area contributed by atoms with E-state index < -0.39 is 0 Å². The summed E-state index contributed by atoms with van der Waals surface area (Å²) in [6.45, 7) is -0.0937. The third kappa shape index (κ3) is 2.37. The zero-order valence-corrected chi connectivity index (χ0v) is 9.55. The lowest BCUT2D eigenvalue weighted by molar-refractivity contribution is 0.101. The summed E-state index contributed by atoms with van der Waals surface area (Å²) in [7, 11) is 1.81. The number of para-hydroxylation sites is 1. The zero-order chi connectivity index (χ0) is 12.3. The molecule has 17 heavy (non-hydrogen) atoms. The van der Waals surface area contributed by atoms with Crippen LogP contribution in [0.4, 0.5) is 5.69 Å². The molecule has 0 radical (unpaired) electrons. The summed E-state index contributed by atoms with van der Waals surface area (Å²) in [6, 6.07) is 10.8. The first-order valence-electron chi connectivity index (χ1n) is 5.34. The van der Waals surface area contributed by atoms with Crippen LogP contribution in [0.15, 0.2) is 42.6 Å². The molecule has 0 unspecified atom stereocenters. The molecular weight excluding hydrogens is 216 g/mol. The first-order valence-corrected chi connectivity index (χ1v) is 5.34. The summed E-state index contributed by atoms with van der Waals surface area (Å²) in [5, 5.41) is 11.9. The maximum absolute atomic E-state index is 12.0. The van der Waals surface area contributed by atoms with Gasteiger partial charge in [-0.05, 0) is 18.2 Å². The summed E-state index contributed by atoms with van der Waals surface area (Å²) < 4.78 is 1.75. The van der Waals surface area contributed by atoms with E-state index in [1.54, 1.807) is 22.8 Å². The lowest BCUT2D eigenvalue weighted by Gasteiger charge is -2.09. The quantitative estimate of drug-likeness (QED) is 0.844. The summed E-state index contributed by atoms with van der Waals surface area (Å²) in [5.41, 5.74) is 1.93. The average Bonchev–Trinajstić information content (AvgIpc) is 2.76. The molecule has 2 N–H and O–H groups in total. The van der Waals surface area contributed by atoms with Gasteiger partial charge < -0.3 is 15.0 Å². The molecule has 2 rings (SSSR count). The number of anilines is 1. The summed E-state index contributed by atoms with van der Waals surface area (Å²) in [5.74, 6) is -0.182. The van der Waals surface area contributed by atoms with Crippen molar-refractivity contribution in [3.8, 4) is 0 Å². The third-order valence-corrected chi connectivity index (χ3v) is 2.61. The molecular formula is C13H14N2O2. The van der Waals surface area contributed by atoms with Gasteiger partial charge in [0.2, 0.25) is 0 Å². The molecule has 4 heteroatoms. The second-order valence-corrected chi connectivity index (χ2v) is 3.77. The smallest absolute Gasteiger partial charge is 0.272 e. The fraction of sp³-hybridized carbons (Fsp3) is 0.154. The Morgan fingerprint density at radius 3 is 2.71 bits per heavy atom. The van der Waals surface area contributed by atoms with Crippen molar-refractivity contribution in [1.82, 2.24) is 4.57 Å². The Kier molecular flexibility index (Phi) is 3.25. The molecule has 0 bridgehead atoms. The van der Waals surface area contributed by atoms with Gasteiger partial charge in [0.15, 0.2) is 0 Å². The van der Waals surface area contributed by atoms with Gasteiger partial charge in [0.25, 0.3) is 5.91 Å². The lowest BCUT2D eigenvalue weighted by atomic mass is 10.2. The number of benzene rings is 1. The highest BCUT2D eigenvalue weighted by Gasteiger charge is 2.10. The first kappa shape index (κ1) is 11.4. The van der Waals surface area contributed by atoms with Gasteiger partial charge in [-0.15, -0.1) is 0 Å². The molecule has 4 nitrogen and oxygen atoms in total. The number of amides is 1. The highest BCUT2D eigenvalue weighted by Crippen LogP contribution is 2.16. The Morgan fingerprint density at radius 1 is 1.29 bits per heavy atom. The fourth-order valence-corrected chi connectivity index (χ4v) is 1.66. The number of rotatable bonds is 3. The molecule has 0 aliphatic heterocycles. The zero-order valence-electron chi connectivity index (χ0n) is 9.55. The molecule has 1 aromatic carbocycles. The van der Waals surface area contributed by atoms with Gasteiger partial charge in [-0.2, -0.15) is 0 Å². The topological polar surface area (TPSA) is 54.3 Å². The second kappa shape index (κ2) is 4.84. The van der Waals surface area contributed by atoms with Gasteiger partial charge in [-0.1, -0.05) is 18.2 Å². The minimum absolute atomic E-state index is 0.0937. The monoisotopic (exact) mass is 230 g/mol. The van der Waals surface area contributed by atoms with E-state index in [0.717, 1.165) is 0 Å². The molecule has 88 valence electrons. The Hall–Kier alpha value is -2.07. The highest BCUT2D eigenvalue weighted by atomic mass is 16.3. The Morgan fingerprint density at radius 2 is 2.06 bits per heavy atom. The standard InChI is InChI=1S/C13H14N2O2/c1-15-8-4-7-12(15)13(17)14-11-6-3-2-5-10(11)9-16/h2-8,16H,9H2,1H3,(H,14,17). The van der Waals surface area contributed by atoms with Crippen molar-refractivity contribution >= 4 is 11.6 Å². The van der Waals surface area contributed by atoms with Gasteiger partial charge in [0, 0.05) is 24.5 Å². The third-order valence-electron chi connectivity index (χ3n) is 2.61. The van der Waals surface area contributed by atoms with E-state index in [-0.39, 0.29) is 12.5 Å². The van der Waals surface area contributed by atoms with E-state index in [1.807, 2.05) is 31.4 Å². The van der Waals surface area contributed by atoms with E-state index in [1.165, 1.54) is 0 Å². The Balaban J connectivity index is 2.22. The number of carbonyl (C=O) groups excluding carboxylic acids is 1. The van der Waals surface area contributed by atoms with Crippen LogP contribution in [0.3, 0.4) is 0 Å². The molecule has 1 amide bonds. The van der Waals surface area contributed by atoms with Crippen LogP contribution in [0, 0.1) is 0 Å². The molecule has 2 aromatic rings. The highest BCUT2D eigenvalue weighted by molar-refractivity contribution is 6.03. The molecule has 1 heterocycles. The van der Waals surface area contributed by atoms with E-state index in [0.29, 0.717) is 16.9 Å². The molecule has 0 aliphatic rings. The summed E-state index contributed by atoms with van der Waals surface area (Å²) in [4.78, 5) is 12.0. The molecule has 0 fully saturated rings. The van der Waals surface area contributed by atoms with Crippen molar-refractivity contribution in [2.24, 2.45) is 7.05 Å². The number of carbonyl (C=O) groups is 1. The van der Waals surface area contributed by atoms with Gasteiger partial charge in [-0.3, -0.25) is 4.79 Å². The average molecular weight is 230 g/mol. The minimum Gasteiger partial charge on any atom is -0.392 e. The van der Waals surface area contributed by atoms with Gasteiger partial charge >= 0.3 is 0 Å². The summed E-state index contributed by atoms with van der Waals surface area (Å²) >= 11 is 0. The van der Waals surface area contributed by atoms with E-state index in [4.69, 9.17) is 5.11 Å². The van der Waals surface area contributed by atoms with Crippen molar-refractivity contribution in [3.63, 3.8) is 0 Å². The molecule has 1 aromatic heterocycles. The van der Waals surface area contributed by atoms with Crippen molar-refractivity contribution in [2.75, 3.05) is 5.32 Å². The maximum atomic E-state index is 12.0. The van der Waals surface area contributed by atoms with Crippen molar-refractivity contribution in [2.45, 2.75) is 6.61 Å². The number of hydrogen-bond donors (Lipinski definition) is 2. The number of aryl methyl sites for hydroxylation is 1. The molecule has 0 saturated carbocycles. The van der Waals surface area contributed by atoms with E-state index >= 15 is 0 Å². The van der Waals surface area contributed by atoms with Crippen LogP contribution in [-0.4, -0.2) is 15.6 Å². The number of aromatic nitrogens is 1. The van der Waals surface area contributed by atoms with Crippen LogP contribution in [0.25, 0.3) is 0 Å². The van der Waals surface area contributed by atoms with Gasteiger partial charge in [0.1, 0.15) is 5.69 Å². The van der Waals surface area contributed by atoms with Gasteiger partial charge in [0.05, 0.1) is 6.61 Å². The summed E-state index contributed by atoms with van der Waals surface area (Å²) in [6.07, 6.45) is 1.81. The van der Waals surface area contributed by atoms with Crippen LogP contribution in [0.1, 0.15) is 16.1 Å². The van der Waals surface area contributed by atoms with E-state index in [9.17, 15) is 4.79 Å². The molecule has 0 saturated heterocycles. The van der Waals surface area contributed by atoms with Crippen LogP contribution in [0.2, 0.25) is 0 Å². The number of hydrogen-bond acceptors (Lipinski definition) is 2. The predicted molar refractivity (Wildman–Crippen MR) is 65.7 cm³/mol. The predicted octanol–water partition coefficient (Wildman–Crippen LogP) is 1.77. The Bertz CT molecular complexity index is 532. The molecule has 0 spiro atoms. The first-order chi connectivity index (χ1) is 8.22. The number of aliphatic hydroxyl groups excluding tert-OH is 1. The minimum atomic E-state index is -0.182. The Labute approximate surface area is 99.5 Å². The number of nitrogens with one attached hydrogen (secondary N) is 1. The van der Waals surface area contributed by atoms with Crippen LogP contribution in [-0.2, 0) is 13.7 Å². The van der Waals surface area contributed by atoms with Crippen molar-refractivity contribution in [3.05, 3.63) is 53.9 Å². The van der Waals surface area contributed by atoms with Gasteiger partial charge in [-0.25, -0.2) is 0 Å².